The second-order valence-electron chi connectivity index (χ2n) is 4.00. The molecule has 0 aromatic rings. The van der Waals surface area contributed by atoms with Crippen LogP contribution in [-0.4, -0.2) is 29.3 Å². The molecule has 0 spiro atoms. The van der Waals surface area contributed by atoms with Crippen molar-refractivity contribution in [2.75, 3.05) is 6.54 Å². The average molecular weight is 222 g/mol. The molecule has 2 atom stereocenters. The number of likely N-dealkylation sites (tertiary alicyclic amines) is 1. The first-order valence-electron chi connectivity index (χ1n) is 5.61. The van der Waals surface area contributed by atoms with E-state index in [1.165, 1.54) is 0 Å². The monoisotopic (exact) mass is 222 g/mol. The number of nitrogens with zero attached hydrogens (tertiary/aromatic N) is 1. The van der Waals surface area contributed by atoms with E-state index in [0.717, 1.165) is 6.42 Å². The summed E-state index contributed by atoms with van der Waals surface area (Å²) in [5.41, 5.74) is 5.29. The van der Waals surface area contributed by atoms with Crippen LogP contribution < -0.4 is 5.73 Å². The van der Waals surface area contributed by atoms with E-state index in [-0.39, 0.29) is 11.8 Å². The highest BCUT2D eigenvalue weighted by atomic mass is 16.2. The number of piperidine rings is 1. The highest BCUT2D eigenvalue weighted by Crippen LogP contribution is 2.20. The van der Waals surface area contributed by atoms with Gasteiger partial charge in [0, 0.05) is 18.9 Å². The quantitative estimate of drug-likeness (QED) is 0.707. The molecule has 4 heteroatoms. The van der Waals surface area contributed by atoms with Crippen molar-refractivity contribution in [1.29, 1.82) is 0 Å². The lowest BCUT2D eigenvalue weighted by atomic mass is 9.96. The van der Waals surface area contributed by atoms with E-state index in [1.807, 2.05) is 6.92 Å². The summed E-state index contributed by atoms with van der Waals surface area (Å²) in [6.07, 6.45) is 1.81. The number of hydrogen-bond acceptors (Lipinski definition) is 2. The predicted molar refractivity (Wildman–Crippen MR) is 61.2 cm³/mol. The number of primary amides is 1. The van der Waals surface area contributed by atoms with Crippen LogP contribution in [0.25, 0.3) is 0 Å². The van der Waals surface area contributed by atoms with Gasteiger partial charge < -0.3 is 10.6 Å². The molecule has 1 rings (SSSR count). The number of amides is 2. The van der Waals surface area contributed by atoms with Gasteiger partial charge in [-0.3, -0.25) is 9.59 Å². The summed E-state index contributed by atoms with van der Waals surface area (Å²) < 4.78 is 0. The lowest BCUT2D eigenvalue weighted by Gasteiger charge is -2.34. The van der Waals surface area contributed by atoms with Crippen LogP contribution in [0.3, 0.4) is 0 Å². The summed E-state index contributed by atoms with van der Waals surface area (Å²) >= 11 is 0. The molecule has 2 unspecified atom stereocenters. The molecule has 16 heavy (non-hydrogen) atoms. The number of nitrogens with two attached hydrogens (primary N) is 1. The zero-order chi connectivity index (χ0) is 12.1. The van der Waals surface area contributed by atoms with E-state index in [2.05, 4.69) is 11.8 Å². The molecule has 0 saturated carbocycles. The van der Waals surface area contributed by atoms with Gasteiger partial charge in [0.05, 0.1) is 0 Å². The molecule has 1 aliphatic rings. The molecular weight excluding hydrogens is 204 g/mol. The summed E-state index contributed by atoms with van der Waals surface area (Å²) in [5.74, 6) is 5.67. The van der Waals surface area contributed by atoms with E-state index < -0.39 is 11.9 Å². The Morgan fingerprint density at radius 2 is 2.38 bits per heavy atom. The minimum Gasteiger partial charge on any atom is -0.368 e. The molecule has 88 valence electrons. The smallest absolute Gasteiger partial charge is 0.240 e. The van der Waals surface area contributed by atoms with Crippen molar-refractivity contribution >= 4 is 11.8 Å². The standard InChI is InChI=1S/C12H18N2O2/c1-3-5-9-6-7-11(15)14(8-9)10(4-2)12(13)16/h9-10H,4,6-8H2,1-2H3,(H2,13,16). The van der Waals surface area contributed by atoms with Crippen molar-refractivity contribution in [2.24, 2.45) is 11.7 Å². The van der Waals surface area contributed by atoms with E-state index >= 15 is 0 Å². The lowest BCUT2D eigenvalue weighted by molar-refractivity contribution is -0.142. The van der Waals surface area contributed by atoms with Crippen molar-refractivity contribution in [2.45, 2.75) is 39.2 Å². The first kappa shape index (κ1) is 12.6. The van der Waals surface area contributed by atoms with Crippen LogP contribution >= 0.6 is 0 Å². The number of rotatable bonds is 3. The largest absolute Gasteiger partial charge is 0.368 e. The van der Waals surface area contributed by atoms with Crippen LogP contribution in [-0.2, 0) is 9.59 Å². The minimum atomic E-state index is -0.478. The van der Waals surface area contributed by atoms with Gasteiger partial charge in [0.15, 0.2) is 0 Å². The molecular formula is C12H18N2O2. The highest BCUT2D eigenvalue weighted by molar-refractivity contribution is 5.87. The van der Waals surface area contributed by atoms with E-state index in [4.69, 9.17) is 5.73 Å². The van der Waals surface area contributed by atoms with Crippen molar-refractivity contribution in [1.82, 2.24) is 4.90 Å². The van der Waals surface area contributed by atoms with Gasteiger partial charge in [0.2, 0.25) is 11.8 Å². The van der Waals surface area contributed by atoms with Gasteiger partial charge in [-0.1, -0.05) is 12.8 Å². The molecule has 2 amide bonds. The van der Waals surface area contributed by atoms with Gasteiger partial charge in [0.1, 0.15) is 6.04 Å². The summed E-state index contributed by atoms with van der Waals surface area (Å²) in [6, 6.07) is -0.478. The third-order valence-electron chi connectivity index (χ3n) is 2.88. The van der Waals surface area contributed by atoms with Crippen LogP contribution in [0, 0.1) is 17.8 Å². The van der Waals surface area contributed by atoms with Gasteiger partial charge in [-0.05, 0) is 19.8 Å². The zero-order valence-electron chi connectivity index (χ0n) is 9.82. The number of hydrogen-bond donors (Lipinski definition) is 1. The molecule has 1 saturated heterocycles. The van der Waals surface area contributed by atoms with E-state index in [0.29, 0.717) is 19.4 Å². The van der Waals surface area contributed by atoms with E-state index in [1.54, 1.807) is 11.8 Å². The topological polar surface area (TPSA) is 63.4 Å². The van der Waals surface area contributed by atoms with Gasteiger partial charge in [-0.2, -0.15) is 0 Å². The molecule has 2 N–H and O–H groups in total. The molecule has 1 aliphatic heterocycles. The molecule has 0 radical (unpaired) electrons. The average Bonchev–Trinajstić information content (AvgIpc) is 2.23. The van der Waals surface area contributed by atoms with Crippen LogP contribution in [0.5, 0.6) is 0 Å². The van der Waals surface area contributed by atoms with Gasteiger partial charge in [0.25, 0.3) is 0 Å². The van der Waals surface area contributed by atoms with Gasteiger partial charge in [-0.15, -0.1) is 5.92 Å². The van der Waals surface area contributed by atoms with E-state index in [9.17, 15) is 9.59 Å². The lowest BCUT2D eigenvalue weighted by Crippen LogP contribution is -2.51. The molecule has 4 nitrogen and oxygen atoms in total. The van der Waals surface area contributed by atoms with Crippen LogP contribution in [0.4, 0.5) is 0 Å². The normalized spacial score (nSPS) is 22.2. The Morgan fingerprint density at radius 3 is 2.88 bits per heavy atom. The number of carbonyl (C=O) groups excluding carboxylic acids is 2. The molecule has 1 heterocycles. The fourth-order valence-corrected chi connectivity index (χ4v) is 2.07. The third kappa shape index (κ3) is 2.75. The molecule has 0 aromatic carbocycles. The SMILES string of the molecule is CC#CC1CCC(=O)N(C(CC)C(N)=O)C1. The summed E-state index contributed by atoms with van der Waals surface area (Å²) in [4.78, 5) is 24.5. The van der Waals surface area contributed by atoms with Crippen LogP contribution in [0.15, 0.2) is 0 Å². The molecule has 0 aliphatic carbocycles. The maximum atomic E-state index is 11.7. The third-order valence-corrected chi connectivity index (χ3v) is 2.88. The molecule has 0 bridgehead atoms. The van der Waals surface area contributed by atoms with Crippen LogP contribution in [0.2, 0.25) is 0 Å². The Morgan fingerprint density at radius 1 is 1.69 bits per heavy atom. The fraction of sp³-hybridized carbons (Fsp3) is 0.667. The highest BCUT2D eigenvalue weighted by Gasteiger charge is 2.31. The minimum absolute atomic E-state index is 0.0137. The maximum Gasteiger partial charge on any atom is 0.240 e. The second kappa shape index (κ2) is 5.55. The maximum absolute atomic E-state index is 11.7. The number of carbonyl (C=O) groups is 2. The zero-order valence-corrected chi connectivity index (χ0v) is 9.82. The predicted octanol–water partition coefficient (Wildman–Crippen LogP) is 0.512. The Labute approximate surface area is 96.2 Å². The first-order valence-corrected chi connectivity index (χ1v) is 5.61. The summed E-state index contributed by atoms with van der Waals surface area (Å²) in [6.45, 7) is 4.17. The molecule has 1 fully saturated rings. The van der Waals surface area contributed by atoms with Gasteiger partial charge >= 0.3 is 0 Å². The Hall–Kier alpha value is -1.50. The Balaban J connectivity index is 2.78. The summed E-state index contributed by atoms with van der Waals surface area (Å²) in [7, 11) is 0. The van der Waals surface area contributed by atoms with Crippen molar-refractivity contribution in [3.63, 3.8) is 0 Å². The first-order chi connectivity index (χ1) is 7.60. The van der Waals surface area contributed by atoms with Crippen molar-refractivity contribution in [3.8, 4) is 11.8 Å². The Kier molecular flexibility index (Phi) is 4.36. The molecule has 0 aromatic heterocycles. The second-order valence-corrected chi connectivity index (χ2v) is 4.00. The van der Waals surface area contributed by atoms with Crippen LogP contribution in [0.1, 0.15) is 33.1 Å². The Bertz CT molecular complexity index is 341. The fourth-order valence-electron chi connectivity index (χ4n) is 2.07. The van der Waals surface area contributed by atoms with Gasteiger partial charge in [-0.25, -0.2) is 0 Å². The van der Waals surface area contributed by atoms with Crippen molar-refractivity contribution in [3.05, 3.63) is 0 Å². The summed E-state index contributed by atoms with van der Waals surface area (Å²) in [5, 5.41) is 0. The van der Waals surface area contributed by atoms with Crippen molar-refractivity contribution < 1.29 is 9.59 Å².